The lowest BCUT2D eigenvalue weighted by Gasteiger charge is -2.21. The molecule has 0 bridgehead atoms. The standard InChI is InChI=1S/C12H15N5O6/c13-10-7-11(15-3-14-10)17(4-16-7)12-9(22-2-6(19)20)8(21)5(1-18)23-12/h3-5,8-9,12,18,21H,1-2H2,(H,19,20)(H2,13,14,15)/t5-,8-,9-,12-/m1/s1. The molecule has 1 saturated heterocycles. The predicted octanol–water partition coefficient (Wildman–Crippen LogP) is -1.87. The normalized spacial score (nSPS) is 27.6. The van der Waals surface area contributed by atoms with E-state index in [1.807, 2.05) is 0 Å². The highest BCUT2D eigenvalue weighted by atomic mass is 16.6. The molecule has 0 radical (unpaired) electrons. The molecule has 1 aliphatic heterocycles. The van der Waals surface area contributed by atoms with Gasteiger partial charge in [-0.15, -0.1) is 0 Å². The summed E-state index contributed by atoms with van der Waals surface area (Å²) in [6, 6.07) is 0. The van der Waals surface area contributed by atoms with E-state index in [2.05, 4.69) is 15.0 Å². The van der Waals surface area contributed by atoms with Crippen LogP contribution in [0, 0.1) is 0 Å². The van der Waals surface area contributed by atoms with Crippen LogP contribution in [0.25, 0.3) is 11.2 Å². The van der Waals surface area contributed by atoms with E-state index < -0.39 is 43.7 Å². The number of aliphatic carboxylic acids is 1. The second kappa shape index (κ2) is 6.04. The lowest BCUT2D eigenvalue weighted by molar-refractivity contribution is -0.148. The number of aliphatic hydroxyl groups excluding tert-OH is 2. The first-order chi connectivity index (χ1) is 11.0. The second-order valence-electron chi connectivity index (χ2n) is 4.99. The Hall–Kier alpha value is -2.34. The maximum absolute atomic E-state index is 10.7. The summed E-state index contributed by atoms with van der Waals surface area (Å²) in [6.45, 7) is -1.07. The smallest absolute Gasteiger partial charge is 0.329 e. The summed E-state index contributed by atoms with van der Waals surface area (Å²) in [7, 11) is 0. The van der Waals surface area contributed by atoms with Gasteiger partial charge in [0.2, 0.25) is 0 Å². The van der Waals surface area contributed by atoms with Crippen LogP contribution in [0.3, 0.4) is 0 Å². The van der Waals surface area contributed by atoms with Gasteiger partial charge in [-0.2, -0.15) is 0 Å². The molecule has 1 aliphatic rings. The van der Waals surface area contributed by atoms with Crippen molar-refractivity contribution in [2.75, 3.05) is 18.9 Å². The van der Waals surface area contributed by atoms with Gasteiger partial charge < -0.3 is 30.5 Å². The van der Waals surface area contributed by atoms with Crippen LogP contribution in [0.4, 0.5) is 5.82 Å². The van der Waals surface area contributed by atoms with E-state index >= 15 is 0 Å². The Bertz CT molecular complexity index is 721. The van der Waals surface area contributed by atoms with Crippen molar-refractivity contribution in [2.24, 2.45) is 0 Å². The van der Waals surface area contributed by atoms with Gasteiger partial charge in [-0.05, 0) is 0 Å². The number of hydrogen-bond acceptors (Lipinski definition) is 9. The number of aliphatic hydroxyl groups is 2. The Morgan fingerprint density at radius 2 is 2.22 bits per heavy atom. The number of ether oxygens (including phenoxy) is 2. The Morgan fingerprint density at radius 3 is 2.91 bits per heavy atom. The fourth-order valence-corrected chi connectivity index (χ4v) is 2.50. The first-order valence-corrected chi connectivity index (χ1v) is 6.73. The molecule has 11 heteroatoms. The third-order valence-corrected chi connectivity index (χ3v) is 3.55. The summed E-state index contributed by atoms with van der Waals surface area (Å²) in [5.41, 5.74) is 6.40. The summed E-state index contributed by atoms with van der Waals surface area (Å²) in [5.74, 6) is -1.01. The molecule has 3 heterocycles. The van der Waals surface area contributed by atoms with Crippen molar-refractivity contribution in [3.63, 3.8) is 0 Å². The van der Waals surface area contributed by atoms with Gasteiger partial charge in [-0.3, -0.25) is 4.57 Å². The zero-order valence-electron chi connectivity index (χ0n) is 11.8. The molecule has 1 fully saturated rings. The van der Waals surface area contributed by atoms with E-state index in [4.69, 9.17) is 20.3 Å². The van der Waals surface area contributed by atoms with Gasteiger partial charge in [0.1, 0.15) is 36.8 Å². The summed E-state index contributed by atoms with van der Waals surface area (Å²) < 4.78 is 12.2. The van der Waals surface area contributed by atoms with E-state index in [0.717, 1.165) is 0 Å². The number of rotatable bonds is 5. The zero-order chi connectivity index (χ0) is 16.6. The maximum Gasteiger partial charge on any atom is 0.329 e. The topological polar surface area (TPSA) is 166 Å². The highest BCUT2D eigenvalue weighted by Gasteiger charge is 2.46. The zero-order valence-corrected chi connectivity index (χ0v) is 11.8. The number of nitrogens with zero attached hydrogens (tertiary/aromatic N) is 4. The fraction of sp³-hybridized carbons (Fsp3) is 0.500. The molecule has 124 valence electrons. The fourth-order valence-electron chi connectivity index (χ4n) is 2.50. The van der Waals surface area contributed by atoms with Crippen molar-refractivity contribution in [2.45, 2.75) is 24.5 Å². The molecule has 5 N–H and O–H groups in total. The number of hydrogen-bond donors (Lipinski definition) is 4. The minimum Gasteiger partial charge on any atom is -0.480 e. The first kappa shape index (κ1) is 15.6. The van der Waals surface area contributed by atoms with Crippen molar-refractivity contribution in [1.29, 1.82) is 0 Å². The van der Waals surface area contributed by atoms with Crippen LogP contribution in [-0.2, 0) is 14.3 Å². The minimum atomic E-state index is -1.21. The molecule has 4 atom stereocenters. The molecule has 23 heavy (non-hydrogen) atoms. The Morgan fingerprint density at radius 1 is 1.43 bits per heavy atom. The lowest BCUT2D eigenvalue weighted by atomic mass is 10.1. The average molecular weight is 325 g/mol. The summed E-state index contributed by atoms with van der Waals surface area (Å²) in [5, 5.41) is 28.2. The van der Waals surface area contributed by atoms with E-state index in [-0.39, 0.29) is 5.82 Å². The summed E-state index contributed by atoms with van der Waals surface area (Å²) in [4.78, 5) is 22.7. The van der Waals surface area contributed by atoms with E-state index in [9.17, 15) is 15.0 Å². The summed E-state index contributed by atoms with van der Waals surface area (Å²) >= 11 is 0. The number of anilines is 1. The van der Waals surface area contributed by atoms with E-state index in [1.165, 1.54) is 17.2 Å². The molecule has 0 amide bonds. The van der Waals surface area contributed by atoms with Crippen LogP contribution in [0.1, 0.15) is 6.23 Å². The molecule has 2 aromatic rings. The molecule has 0 unspecified atom stereocenters. The molecule has 11 nitrogen and oxygen atoms in total. The van der Waals surface area contributed by atoms with Crippen LogP contribution in [-0.4, -0.2) is 72.3 Å². The van der Waals surface area contributed by atoms with Crippen LogP contribution < -0.4 is 5.73 Å². The van der Waals surface area contributed by atoms with Crippen LogP contribution in [0.15, 0.2) is 12.7 Å². The van der Waals surface area contributed by atoms with E-state index in [1.54, 1.807) is 0 Å². The highest BCUT2D eigenvalue weighted by molar-refractivity contribution is 5.81. The number of carboxylic acid groups (broad SMARTS) is 1. The van der Waals surface area contributed by atoms with Crippen LogP contribution in [0.2, 0.25) is 0 Å². The lowest BCUT2D eigenvalue weighted by Crippen LogP contribution is -2.36. The minimum absolute atomic E-state index is 0.175. The maximum atomic E-state index is 10.7. The molecule has 2 aromatic heterocycles. The van der Waals surface area contributed by atoms with Crippen molar-refractivity contribution >= 4 is 23.0 Å². The molecular formula is C12H15N5O6. The van der Waals surface area contributed by atoms with Gasteiger partial charge in [0, 0.05) is 0 Å². The van der Waals surface area contributed by atoms with Crippen molar-refractivity contribution in [1.82, 2.24) is 19.5 Å². The third kappa shape index (κ3) is 2.70. The van der Waals surface area contributed by atoms with Gasteiger partial charge in [0.15, 0.2) is 17.7 Å². The van der Waals surface area contributed by atoms with Crippen LogP contribution in [0.5, 0.6) is 0 Å². The quantitative estimate of drug-likeness (QED) is 0.489. The highest BCUT2D eigenvalue weighted by Crippen LogP contribution is 2.33. The molecule has 0 saturated carbocycles. The molecule has 0 aromatic carbocycles. The van der Waals surface area contributed by atoms with Gasteiger partial charge in [-0.25, -0.2) is 19.7 Å². The van der Waals surface area contributed by atoms with Crippen molar-refractivity contribution < 1.29 is 29.6 Å². The molecule has 3 rings (SSSR count). The average Bonchev–Trinajstić information content (AvgIpc) is 3.07. The Labute approximate surface area is 129 Å². The molecule has 0 spiro atoms. The number of carbonyl (C=O) groups is 1. The third-order valence-electron chi connectivity index (χ3n) is 3.55. The molecule has 0 aliphatic carbocycles. The Kier molecular flexibility index (Phi) is 4.09. The first-order valence-electron chi connectivity index (χ1n) is 6.73. The number of nitrogens with two attached hydrogens (primary N) is 1. The second-order valence-corrected chi connectivity index (χ2v) is 4.99. The monoisotopic (exact) mass is 325 g/mol. The molecular weight excluding hydrogens is 310 g/mol. The van der Waals surface area contributed by atoms with E-state index in [0.29, 0.717) is 11.2 Å². The van der Waals surface area contributed by atoms with Crippen molar-refractivity contribution in [3.8, 4) is 0 Å². The predicted molar refractivity (Wildman–Crippen MR) is 74.1 cm³/mol. The number of carboxylic acids is 1. The number of aromatic nitrogens is 4. The largest absolute Gasteiger partial charge is 0.480 e. The number of fused-ring (bicyclic) bond motifs is 1. The SMILES string of the molecule is Nc1ncnc2c1ncn2[C@@H]1O[C@H](CO)[C@@H](O)[C@H]1OCC(=O)O. The number of nitrogen functional groups attached to an aromatic ring is 1. The van der Waals surface area contributed by atoms with Gasteiger partial charge in [-0.1, -0.05) is 0 Å². The summed E-state index contributed by atoms with van der Waals surface area (Å²) in [6.07, 6.45) is -1.43. The van der Waals surface area contributed by atoms with Gasteiger partial charge >= 0.3 is 5.97 Å². The number of imidazole rings is 1. The van der Waals surface area contributed by atoms with Gasteiger partial charge in [0.25, 0.3) is 0 Å². The Balaban J connectivity index is 1.97. The van der Waals surface area contributed by atoms with Crippen molar-refractivity contribution in [3.05, 3.63) is 12.7 Å². The van der Waals surface area contributed by atoms with Crippen LogP contribution >= 0.6 is 0 Å². The van der Waals surface area contributed by atoms with Gasteiger partial charge in [0.05, 0.1) is 12.9 Å².